The van der Waals surface area contributed by atoms with Crippen LogP contribution in [0.4, 0.5) is 0 Å². The van der Waals surface area contributed by atoms with Gasteiger partial charge in [-0.15, -0.1) is 0 Å². The number of likely N-dealkylation sites (N-methyl/N-ethyl adjacent to an activating group) is 1. The van der Waals surface area contributed by atoms with E-state index in [9.17, 15) is 0 Å². The van der Waals surface area contributed by atoms with E-state index in [1.165, 1.54) is 77.2 Å². The van der Waals surface area contributed by atoms with Crippen molar-refractivity contribution in [3.8, 4) is 0 Å². The van der Waals surface area contributed by atoms with Crippen LogP contribution in [0, 0.1) is 0 Å². The topological polar surface area (TPSA) is 15.3 Å². The molecular weight excluding hydrogens is 220 g/mol. The van der Waals surface area contributed by atoms with Gasteiger partial charge >= 0.3 is 0 Å². The normalized spacial score (nSPS) is 26.2. The van der Waals surface area contributed by atoms with Gasteiger partial charge in [0.05, 0.1) is 0 Å². The number of nitrogens with zero attached hydrogens (tertiary/aromatic N) is 1. The number of hydrogen-bond donors (Lipinski definition) is 1. The van der Waals surface area contributed by atoms with Gasteiger partial charge in [0.25, 0.3) is 0 Å². The van der Waals surface area contributed by atoms with Gasteiger partial charge in [0, 0.05) is 18.1 Å². The van der Waals surface area contributed by atoms with Crippen LogP contribution in [-0.4, -0.2) is 37.1 Å². The van der Waals surface area contributed by atoms with Crippen molar-refractivity contribution in [3.05, 3.63) is 0 Å². The minimum atomic E-state index is 0.449. The first kappa shape index (κ1) is 14.3. The summed E-state index contributed by atoms with van der Waals surface area (Å²) < 4.78 is 0. The molecule has 0 bridgehead atoms. The van der Waals surface area contributed by atoms with Crippen molar-refractivity contribution >= 4 is 0 Å². The minimum Gasteiger partial charge on any atom is -0.312 e. The lowest BCUT2D eigenvalue weighted by Gasteiger charge is -2.44. The van der Waals surface area contributed by atoms with E-state index in [1.807, 2.05) is 0 Å². The van der Waals surface area contributed by atoms with Crippen molar-refractivity contribution in [1.82, 2.24) is 10.2 Å². The molecule has 0 amide bonds. The van der Waals surface area contributed by atoms with Crippen LogP contribution >= 0.6 is 0 Å². The molecule has 0 radical (unpaired) electrons. The highest BCUT2D eigenvalue weighted by molar-refractivity contribution is 4.93. The highest BCUT2D eigenvalue weighted by atomic mass is 15.2. The maximum atomic E-state index is 3.91. The smallest absolute Gasteiger partial charge is 0.0327 e. The Labute approximate surface area is 114 Å². The minimum absolute atomic E-state index is 0.449. The number of rotatable bonds is 4. The Morgan fingerprint density at radius 1 is 0.889 bits per heavy atom. The fourth-order valence-corrected chi connectivity index (χ4v) is 3.81. The van der Waals surface area contributed by atoms with E-state index in [1.54, 1.807) is 0 Å². The maximum Gasteiger partial charge on any atom is 0.0327 e. The SMILES string of the molecule is CN(C)C1(CNC2CCCCCC2)CCCCC1. The standard InChI is InChI=1S/C16H32N2/c1-18(2)16(12-8-5-9-13-16)14-17-15-10-6-3-4-7-11-15/h15,17H,3-14H2,1-2H3. The molecule has 1 N–H and O–H groups in total. The lowest BCUT2D eigenvalue weighted by molar-refractivity contribution is 0.0943. The van der Waals surface area contributed by atoms with E-state index >= 15 is 0 Å². The average molecular weight is 252 g/mol. The average Bonchev–Trinajstić information content (AvgIpc) is 2.66. The van der Waals surface area contributed by atoms with Crippen LogP contribution in [-0.2, 0) is 0 Å². The van der Waals surface area contributed by atoms with E-state index in [-0.39, 0.29) is 0 Å². The van der Waals surface area contributed by atoms with E-state index < -0.39 is 0 Å². The molecule has 18 heavy (non-hydrogen) atoms. The summed E-state index contributed by atoms with van der Waals surface area (Å²) >= 11 is 0. The molecule has 0 aromatic rings. The third-order valence-corrected chi connectivity index (χ3v) is 5.31. The van der Waals surface area contributed by atoms with Gasteiger partial charge < -0.3 is 10.2 Å². The predicted octanol–water partition coefficient (Wildman–Crippen LogP) is 3.56. The molecular formula is C16H32N2. The fraction of sp³-hybridized carbons (Fsp3) is 1.00. The Morgan fingerprint density at radius 2 is 1.44 bits per heavy atom. The Kier molecular flexibility index (Phi) is 5.50. The summed E-state index contributed by atoms with van der Waals surface area (Å²) in [6.45, 7) is 1.21. The molecule has 0 aliphatic heterocycles. The molecule has 2 heteroatoms. The molecule has 2 fully saturated rings. The molecule has 2 rings (SSSR count). The Balaban J connectivity index is 1.84. The fourth-order valence-electron chi connectivity index (χ4n) is 3.81. The first-order chi connectivity index (χ1) is 8.73. The van der Waals surface area contributed by atoms with E-state index in [0.29, 0.717) is 5.54 Å². The predicted molar refractivity (Wildman–Crippen MR) is 79.0 cm³/mol. The summed E-state index contributed by atoms with van der Waals surface area (Å²) in [4.78, 5) is 2.50. The Bertz CT molecular complexity index is 223. The van der Waals surface area contributed by atoms with Crippen LogP contribution in [0.1, 0.15) is 70.6 Å². The Morgan fingerprint density at radius 3 is 2.00 bits per heavy atom. The largest absolute Gasteiger partial charge is 0.312 e. The molecule has 0 heterocycles. The van der Waals surface area contributed by atoms with Crippen LogP contribution in [0.15, 0.2) is 0 Å². The summed E-state index contributed by atoms with van der Waals surface area (Å²) in [6, 6.07) is 0.797. The zero-order chi connectivity index (χ0) is 12.8. The van der Waals surface area contributed by atoms with Crippen LogP contribution in [0.2, 0.25) is 0 Å². The van der Waals surface area contributed by atoms with Gasteiger partial charge in [-0.25, -0.2) is 0 Å². The van der Waals surface area contributed by atoms with Crippen molar-refractivity contribution < 1.29 is 0 Å². The van der Waals surface area contributed by atoms with Crippen LogP contribution < -0.4 is 5.32 Å². The quantitative estimate of drug-likeness (QED) is 0.770. The Hall–Kier alpha value is -0.0800. The monoisotopic (exact) mass is 252 g/mol. The van der Waals surface area contributed by atoms with Crippen molar-refractivity contribution in [2.75, 3.05) is 20.6 Å². The second-order valence-corrected chi connectivity index (χ2v) is 6.75. The summed E-state index contributed by atoms with van der Waals surface area (Å²) in [5.41, 5.74) is 0.449. The van der Waals surface area contributed by atoms with Gasteiger partial charge in [-0.05, 0) is 39.8 Å². The van der Waals surface area contributed by atoms with Gasteiger partial charge in [-0.2, -0.15) is 0 Å². The molecule has 0 saturated heterocycles. The second kappa shape index (κ2) is 6.91. The van der Waals surface area contributed by atoms with Crippen molar-refractivity contribution in [2.24, 2.45) is 0 Å². The zero-order valence-corrected chi connectivity index (χ0v) is 12.5. The molecule has 0 aromatic carbocycles. The van der Waals surface area contributed by atoms with E-state index in [0.717, 1.165) is 6.04 Å². The molecule has 2 aliphatic rings. The molecule has 0 aromatic heterocycles. The lowest BCUT2D eigenvalue weighted by Crippen LogP contribution is -2.54. The van der Waals surface area contributed by atoms with Crippen LogP contribution in [0.25, 0.3) is 0 Å². The first-order valence-corrected chi connectivity index (χ1v) is 8.14. The van der Waals surface area contributed by atoms with Crippen molar-refractivity contribution in [2.45, 2.75) is 82.2 Å². The van der Waals surface area contributed by atoms with E-state index in [4.69, 9.17) is 0 Å². The molecule has 2 saturated carbocycles. The summed E-state index contributed by atoms with van der Waals surface area (Å²) in [6.07, 6.45) is 15.7. The molecule has 0 spiro atoms. The van der Waals surface area contributed by atoms with E-state index in [2.05, 4.69) is 24.3 Å². The van der Waals surface area contributed by atoms with Gasteiger partial charge in [0.15, 0.2) is 0 Å². The van der Waals surface area contributed by atoms with Gasteiger partial charge in [-0.1, -0.05) is 44.9 Å². The molecule has 106 valence electrons. The molecule has 0 unspecified atom stereocenters. The molecule has 2 aliphatic carbocycles. The third kappa shape index (κ3) is 3.71. The van der Waals surface area contributed by atoms with Gasteiger partial charge in [-0.3, -0.25) is 0 Å². The van der Waals surface area contributed by atoms with Crippen molar-refractivity contribution in [1.29, 1.82) is 0 Å². The van der Waals surface area contributed by atoms with Gasteiger partial charge in [0.1, 0.15) is 0 Å². The first-order valence-electron chi connectivity index (χ1n) is 8.14. The summed E-state index contributed by atoms with van der Waals surface area (Å²) in [5, 5.41) is 3.91. The number of hydrogen-bond acceptors (Lipinski definition) is 2. The van der Waals surface area contributed by atoms with Crippen molar-refractivity contribution in [3.63, 3.8) is 0 Å². The lowest BCUT2D eigenvalue weighted by atomic mass is 9.80. The van der Waals surface area contributed by atoms with Crippen LogP contribution in [0.5, 0.6) is 0 Å². The maximum absolute atomic E-state index is 3.91. The second-order valence-electron chi connectivity index (χ2n) is 6.75. The number of nitrogens with one attached hydrogen (secondary N) is 1. The summed E-state index contributed by atoms with van der Waals surface area (Å²) in [7, 11) is 4.56. The zero-order valence-electron chi connectivity index (χ0n) is 12.5. The molecule has 2 nitrogen and oxygen atoms in total. The molecule has 0 atom stereocenters. The third-order valence-electron chi connectivity index (χ3n) is 5.31. The van der Waals surface area contributed by atoms with Gasteiger partial charge in [0.2, 0.25) is 0 Å². The summed E-state index contributed by atoms with van der Waals surface area (Å²) in [5.74, 6) is 0. The highest BCUT2D eigenvalue weighted by Crippen LogP contribution is 2.32. The van der Waals surface area contributed by atoms with Crippen LogP contribution in [0.3, 0.4) is 0 Å². The highest BCUT2D eigenvalue weighted by Gasteiger charge is 2.34.